The number of carbonyl (C=O) groups is 1. The van der Waals surface area contributed by atoms with E-state index in [1.807, 2.05) is 58.6 Å². The third-order valence-electron chi connectivity index (χ3n) is 5.04. The van der Waals surface area contributed by atoms with Crippen LogP contribution in [-0.4, -0.2) is 20.4 Å². The number of allylic oxidation sites excluding steroid dienone is 1. The third kappa shape index (κ3) is 5.16. The molecule has 1 amide bonds. The van der Waals surface area contributed by atoms with Gasteiger partial charge in [-0.1, -0.05) is 56.3 Å². The average Bonchev–Trinajstić information content (AvgIpc) is 3.44. The Bertz CT molecular complexity index is 1180. The highest BCUT2D eigenvalue weighted by Crippen LogP contribution is 2.29. The maximum absolute atomic E-state index is 12.9. The van der Waals surface area contributed by atoms with Crippen molar-refractivity contribution in [2.24, 2.45) is 0 Å². The summed E-state index contributed by atoms with van der Waals surface area (Å²) in [7, 11) is 0. The summed E-state index contributed by atoms with van der Waals surface area (Å²) in [5, 5.41) is 5.54. The SMILES string of the molecule is CC(C)(/C=C/c1ccccc1)c1csc(NC(=O)c2cccn2Cc2ccncc2)n1. The van der Waals surface area contributed by atoms with Gasteiger partial charge in [-0.05, 0) is 35.4 Å². The maximum atomic E-state index is 12.9. The first-order chi connectivity index (χ1) is 15.0. The second kappa shape index (κ2) is 9.10. The fourth-order valence-electron chi connectivity index (χ4n) is 3.19. The highest BCUT2D eigenvalue weighted by molar-refractivity contribution is 7.14. The van der Waals surface area contributed by atoms with Gasteiger partial charge in [-0.25, -0.2) is 4.98 Å². The molecule has 0 fully saturated rings. The van der Waals surface area contributed by atoms with Crippen molar-refractivity contribution in [1.82, 2.24) is 14.5 Å². The normalized spacial score (nSPS) is 11.7. The summed E-state index contributed by atoms with van der Waals surface area (Å²) >= 11 is 1.44. The highest BCUT2D eigenvalue weighted by Gasteiger charge is 2.21. The molecule has 0 saturated heterocycles. The molecule has 3 aromatic heterocycles. The molecule has 0 bridgehead atoms. The fourth-order valence-corrected chi connectivity index (χ4v) is 4.07. The first-order valence-electron chi connectivity index (χ1n) is 10.1. The van der Waals surface area contributed by atoms with Crippen molar-refractivity contribution in [2.45, 2.75) is 25.8 Å². The van der Waals surface area contributed by atoms with Crippen LogP contribution in [0.1, 0.15) is 41.2 Å². The van der Waals surface area contributed by atoms with Crippen molar-refractivity contribution in [3.05, 3.63) is 107 Å². The summed E-state index contributed by atoms with van der Waals surface area (Å²) in [5.74, 6) is -0.169. The molecule has 3 heterocycles. The second-order valence-electron chi connectivity index (χ2n) is 7.83. The summed E-state index contributed by atoms with van der Waals surface area (Å²) < 4.78 is 1.92. The van der Waals surface area contributed by atoms with E-state index in [0.29, 0.717) is 17.4 Å². The summed E-state index contributed by atoms with van der Waals surface area (Å²) in [6.07, 6.45) is 9.65. The number of amides is 1. The number of hydrogen-bond donors (Lipinski definition) is 1. The molecule has 156 valence electrons. The van der Waals surface area contributed by atoms with Crippen molar-refractivity contribution >= 4 is 28.5 Å². The number of anilines is 1. The zero-order valence-electron chi connectivity index (χ0n) is 17.5. The Morgan fingerprint density at radius 2 is 1.87 bits per heavy atom. The Morgan fingerprint density at radius 3 is 2.65 bits per heavy atom. The minimum absolute atomic E-state index is 0.169. The van der Waals surface area contributed by atoms with Crippen LogP contribution in [0.3, 0.4) is 0 Å². The molecular weight excluding hydrogens is 404 g/mol. The number of thiazole rings is 1. The third-order valence-corrected chi connectivity index (χ3v) is 5.80. The summed E-state index contributed by atoms with van der Waals surface area (Å²) in [6, 6.07) is 17.8. The van der Waals surface area contributed by atoms with Gasteiger partial charge in [0, 0.05) is 35.9 Å². The van der Waals surface area contributed by atoms with E-state index in [9.17, 15) is 4.79 Å². The lowest BCUT2D eigenvalue weighted by molar-refractivity contribution is 0.101. The molecule has 0 unspecified atom stereocenters. The van der Waals surface area contributed by atoms with Gasteiger partial charge in [0.2, 0.25) is 0 Å². The molecule has 0 radical (unpaired) electrons. The molecule has 0 spiro atoms. The summed E-state index contributed by atoms with van der Waals surface area (Å²) in [4.78, 5) is 21.6. The molecule has 4 rings (SSSR count). The van der Waals surface area contributed by atoms with Crippen LogP contribution >= 0.6 is 11.3 Å². The predicted molar refractivity (Wildman–Crippen MR) is 126 cm³/mol. The van der Waals surface area contributed by atoms with Crippen LogP contribution in [0.4, 0.5) is 5.13 Å². The highest BCUT2D eigenvalue weighted by atomic mass is 32.1. The lowest BCUT2D eigenvalue weighted by atomic mass is 9.89. The van der Waals surface area contributed by atoms with E-state index in [0.717, 1.165) is 16.8 Å². The zero-order chi connectivity index (χ0) is 21.7. The van der Waals surface area contributed by atoms with Crippen LogP contribution in [0, 0.1) is 0 Å². The van der Waals surface area contributed by atoms with E-state index >= 15 is 0 Å². The van der Waals surface area contributed by atoms with E-state index in [4.69, 9.17) is 0 Å². The first-order valence-corrected chi connectivity index (χ1v) is 10.9. The van der Waals surface area contributed by atoms with Crippen LogP contribution in [0.15, 0.2) is 84.6 Å². The van der Waals surface area contributed by atoms with E-state index in [-0.39, 0.29) is 11.3 Å². The molecule has 4 aromatic rings. The number of carbonyl (C=O) groups excluding carboxylic acids is 1. The van der Waals surface area contributed by atoms with Gasteiger partial charge in [0.25, 0.3) is 5.91 Å². The Balaban J connectivity index is 1.45. The minimum Gasteiger partial charge on any atom is -0.339 e. The number of nitrogens with one attached hydrogen (secondary N) is 1. The van der Waals surface area contributed by atoms with Crippen LogP contribution in [0.5, 0.6) is 0 Å². The lowest BCUT2D eigenvalue weighted by Crippen LogP contribution is -2.18. The van der Waals surface area contributed by atoms with Gasteiger partial charge in [-0.3, -0.25) is 15.1 Å². The Hall–Kier alpha value is -3.51. The number of aromatic nitrogens is 3. The number of benzene rings is 1. The Kier molecular flexibility index (Phi) is 6.09. The van der Waals surface area contributed by atoms with Crippen LogP contribution in [0.2, 0.25) is 0 Å². The molecule has 1 aromatic carbocycles. The van der Waals surface area contributed by atoms with Crippen LogP contribution < -0.4 is 5.32 Å². The van der Waals surface area contributed by atoms with Gasteiger partial charge in [0.1, 0.15) is 5.69 Å². The van der Waals surface area contributed by atoms with Gasteiger partial charge in [-0.15, -0.1) is 11.3 Å². The van der Waals surface area contributed by atoms with Crippen LogP contribution in [0.25, 0.3) is 6.08 Å². The average molecular weight is 429 g/mol. The van der Waals surface area contributed by atoms with Crippen molar-refractivity contribution < 1.29 is 4.79 Å². The zero-order valence-corrected chi connectivity index (χ0v) is 18.3. The first kappa shape index (κ1) is 20.8. The van der Waals surface area contributed by atoms with Gasteiger partial charge < -0.3 is 4.57 Å². The van der Waals surface area contributed by atoms with Crippen molar-refractivity contribution in [3.8, 4) is 0 Å². The molecule has 6 heteroatoms. The Morgan fingerprint density at radius 1 is 1.10 bits per heavy atom. The quantitative estimate of drug-likeness (QED) is 0.415. The molecule has 0 aliphatic rings. The molecule has 31 heavy (non-hydrogen) atoms. The van der Waals surface area contributed by atoms with Gasteiger partial charge in [0.15, 0.2) is 5.13 Å². The lowest BCUT2D eigenvalue weighted by Gasteiger charge is -2.17. The molecule has 5 nitrogen and oxygen atoms in total. The maximum Gasteiger partial charge on any atom is 0.274 e. The van der Waals surface area contributed by atoms with Crippen LogP contribution in [-0.2, 0) is 12.0 Å². The molecule has 1 N–H and O–H groups in total. The molecule has 0 atom stereocenters. The summed E-state index contributed by atoms with van der Waals surface area (Å²) in [5.41, 5.74) is 3.50. The Labute approximate surface area is 186 Å². The number of rotatable bonds is 7. The van der Waals surface area contributed by atoms with E-state index in [1.54, 1.807) is 12.4 Å². The molecule has 0 saturated carbocycles. The largest absolute Gasteiger partial charge is 0.339 e. The molecule has 0 aliphatic heterocycles. The van der Waals surface area contributed by atoms with E-state index < -0.39 is 0 Å². The monoisotopic (exact) mass is 428 g/mol. The van der Waals surface area contributed by atoms with Gasteiger partial charge in [-0.2, -0.15) is 0 Å². The second-order valence-corrected chi connectivity index (χ2v) is 8.69. The van der Waals surface area contributed by atoms with E-state index in [1.165, 1.54) is 11.3 Å². The molecular formula is C25H24N4OS. The van der Waals surface area contributed by atoms with Crippen molar-refractivity contribution in [3.63, 3.8) is 0 Å². The van der Waals surface area contributed by atoms with Gasteiger partial charge >= 0.3 is 0 Å². The number of pyridine rings is 1. The van der Waals surface area contributed by atoms with Crippen molar-refractivity contribution in [2.75, 3.05) is 5.32 Å². The molecule has 0 aliphatic carbocycles. The summed E-state index contributed by atoms with van der Waals surface area (Å²) in [6.45, 7) is 4.85. The number of hydrogen-bond acceptors (Lipinski definition) is 4. The number of nitrogens with zero attached hydrogens (tertiary/aromatic N) is 3. The predicted octanol–water partition coefficient (Wildman–Crippen LogP) is 5.63. The topological polar surface area (TPSA) is 59.8 Å². The van der Waals surface area contributed by atoms with Gasteiger partial charge in [0.05, 0.1) is 5.69 Å². The standard InChI is InChI=1S/C25H24N4OS/c1-25(2,13-10-19-7-4-3-5-8-19)22-18-31-24(27-22)28-23(30)21-9-6-16-29(21)17-20-11-14-26-15-12-20/h3-16,18H,17H2,1-2H3,(H,27,28,30)/b13-10+. The fraction of sp³-hybridized carbons (Fsp3) is 0.160. The van der Waals surface area contributed by atoms with Crippen molar-refractivity contribution in [1.29, 1.82) is 0 Å². The van der Waals surface area contributed by atoms with E-state index in [2.05, 4.69) is 53.4 Å². The smallest absolute Gasteiger partial charge is 0.274 e. The minimum atomic E-state index is -0.253.